The van der Waals surface area contributed by atoms with Gasteiger partial charge in [0, 0.05) is 12.6 Å². The second-order valence-corrected chi connectivity index (χ2v) is 4.54. The molecule has 0 amide bonds. The Labute approximate surface area is 89.1 Å². The monoisotopic (exact) mass is 198 g/mol. The summed E-state index contributed by atoms with van der Waals surface area (Å²) in [5, 5.41) is 3.53. The van der Waals surface area contributed by atoms with Gasteiger partial charge in [0.05, 0.1) is 0 Å². The van der Waals surface area contributed by atoms with E-state index in [1.54, 1.807) is 0 Å². The number of likely N-dealkylation sites (N-methyl/N-ethyl adjacent to an activating group) is 1. The molecule has 1 aliphatic rings. The zero-order valence-electron chi connectivity index (χ0n) is 9.89. The van der Waals surface area contributed by atoms with E-state index in [0.717, 1.165) is 6.04 Å². The Kier molecular flexibility index (Phi) is 6.20. The highest BCUT2D eigenvalue weighted by atomic mass is 15.1. The summed E-state index contributed by atoms with van der Waals surface area (Å²) in [6.07, 6.45) is 8.22. The van der Waals surface area contributed by atoms with E-state index in [1.807, 2.05) is 0 Å². The minimum atomic E-state index is 0.786. The van der Waals surface area contributed by atoms with Crippen LogP contribution in [0.25, 0.3) is 0 Å². The fourth-order valence-electron chi connectivity index (χ4n) is 2.17. The zero-order chi connectivity index (χ0) is 10.2. The summed E-state index contributed by atoms with van der Waals surface area (Å²) in [7, 11) is 2.29. The number of hydrogen-bond acceptors (Lipinski definition) is 2. The third kappa shape index (κ3) is 4.43. The molecule has 2 nitrogen and oxygen atoms in total. The molecule has 1 saturated heterocycles. The Bertz CT molecular complexity index is 128. The van der Waals surface area contributed by atoms with Gasteiger partial charge in [-0.3, -0.25) is 0 Å². The maximum atomic E-state index is 3.53. The Hall–Kier alpha value is -0.0800. The summed E-state index contributed by atoms with van der Waals surface area (Å²) < 4.78 is 0. The quantitative estimate of drug-likeness (QED) is 0.682. The lowest BCUT2D eigenvalue weighted by Crippen LogP contribution is -2.39. The number of nitrogens with one attached hydrogen (secondary N) is 1. The number of nitrogens with zero attached hydrogens (tertiary/aromatic N) is 1. The highest BCUT2D eigenvalue weighted by Crippen LogP contribution is 2.10. The molecule has 0 bridgehead atoms. The number of rotatable bonds is 5. The van der Waals surface area contributed by atoms with E-state index in [1.165, 1.54) is 58.2 Å². The predicted octanol–water partition coefficient (Wildman–Crippen LogP) is 2.25. The van der Waals surface area contributed by atoms with Gasteiger partial charge in [-0.25, -0.2) is 0 Å². The molecule has 1 unspecified atom stereocenters. The van der Waals surface area contributed by atoms with Crippen LogP contribution in [-0.4, -0.2) is 37.6 Å². The molecule has 1 atom stereocenters. The van der Waals surface area contributed by atoms with E-state index in [4.69, 9.17) is 0 Å². The van der Waals surface area contributed by atoms with Crippen LogP contribution in [0.1, 0.15) is 45.4 Å². The van der Waals surface area contributed by atoms with E-state index in [9.17, 15) is 0 Å². The van der Waals surface area contributed by atoms with Crippen molar-refractivity contribution >= 4 is 0 Å². The lowest BCUT2D eigenvalue weighted by Gasteiger charge is -2.26. The molecule has 1 N–H and O–H groups in total. The van der Waals surface area contributed by atoms with Crippen molar-refractivity contribution in [1.82, 2.24) is 10.2 Å². The smallest absolute Gasteiger partial charge is 0.0217 e. The van der Waals surface area contributed by atoms with E-state index >= 15 is 0 Å². The molecular weight excluding hydrogens is 172 g/mol. The molecule has 14 heavy (non-hydrogen) atoms. The molecule has 0 aromatic rings. The standard InChI is InChI=1S/C12H26N2/c1-3-4-7-10-14(2)12-8-5-6-9-13-11-12/h12-13H,3-11H2,1-2H3. The number of unbranched alkanes of at least 4 members (excludes halogenated alkanes) is 2. The molecule has 84 valence electrons. The predicted molar refractivity (Wildman–Crippen MR) is 62.7 cm³/mol. The molecular formula is C12H26N2. The van der Waals surface area contributed by atoms with Crippen LogP contribution in [0.4, 0.5) is 0 Å². The molecule has 1 heterocycles. The lowest BCUT2D eigenvalue weighted by atomic mass is 10.1. The fourth-order valence-corrected chi connectivity index (χ4v) is 2.17. The first-order valence-electron chi connectivity index (χ1n) is 6.25. The first-order valence-corrected chi connectivity index (χ1v) is 6.25. The van der Waals surface area contributed by atoms with Crippen LogP contribution in [0.5, 0.6) is 0 Å². The summed E-state index contributed by atoms with van der Waals surface area (Å²) in [5.41, 5.74) is 0. The minimum absolute atomic E-state index is 0.786. The Morgan fingerprint density at radius 2 is 2.14 bits per heavy atom. The largest absolute Gasteiger partial charge is 0.315 e. The molecule has 1 rings (SSSR count). The van der Waals surface area contributed by atoms with Gasteiger partial charge in [-0.1, -0.05) is 26.2 Å². The van der Waals surface area contributed by atoms with Gasteiger partial charge in [0.25, 0.3) is 0 Å². The average Bonchev–Trinajstić information content (AvgIpc) is 2.46. The third-order valence-electron chi connectivity index (χ3n) is 3.26. The van der Waals surface area contributed by atoms with Crippen molar-refractivity contribution in [3.05, 3.63) is 0 Å². The summed E-state index contributed by atoms with van der Waals surface area (Å²) in [6.45, 7) is 5.97. The third-order valence-corrected chi connectivity index (χ3v) is 3.26. The summed E-state index contributed by atoms with van der Waals surface area (Å²) in [6, 6.07) is 0.786. The van der Waals surface area contributed by atoms with Gasteiger partial charge in [0.2, 0.25) is 0 Å². The molecule has 2 heteroatoms. The van der Waals surface area contributed by atoms with Crippen molar-refractivity contribution in [3.63, 3.8) is 0 Å². The van der Waals surface area contributed by atoms with Crippen molar-refractivity contribution in [2.24, 2.45) is 0 Å². The lowest BCUT2D eigenvalue weighted by molar-refractivity contribution is 0.226. The van der Waals surface area contributed by atoms with Crippen molar-refractivity contribution in [2.45, 2.75) is 51.5 Å². The van der Waals surface area contributed by atoms with Gasteiger partial charge < -0.3 is 10.2 Å². The van der Waals surface area contributed by atoms with Gasteiger partial charge in [-0.2, -0.15) is 0 Å². The second kappa shape index (κ2) is 7.24. The van der Waals surface area contributed by atoms with Crippen LogP contribution in [0.3, 0.4) is 0 Å². The van der Waals surface area contributed by atoms with Crippen LogP contribution >= 0.6 is 0 Å². The van der Waals surface area contributed by atoms with Crippen molar-refractivity contribution in [3.8, 4) is 0 Å². The van der Waals surface area contributed by atoms with E-state index in [-0.39, 0.29) is 0 Å². The van der Waals surface area contributed by atoms with Crippen LogP contribution < -0.4 is 5.32 Å². The summed E-state index contributed by atoms with van der Waals surface area (Å²) in [5.74, 6) is 0. The first-order chi connectivity index (χ1) is 6.84. The van der Waals surface area contributed by atoms with Gasteiger partial charge in [-0.15, -0.1) is 0 Å². The van der Waals surface area contributed by atoms with Crippen LogP contribution in [-0.2, 0) is 0 Å². The molecule has 0 aromatic carbocycles. The number of hydrogen-bond donors (Lipinski definition) is 1. The van der Waals surface area contributed by atoms with E-state index in [0.29, 0.717) is 0 Å². The van der Waals surface area contributed by atoms with Crippen LogP contribution in [0.2, 0.25) is 0 Å². The van der Waals surface area contributed by atoms with Gasteiger partial charge in [0.15, 0.2) is 0 Å². The highest BCUT2D eigenvalue weighted by molar-refractivity contribution is 4.74. The van der Waals surface area contributed by atoms with Crippen LogP contribution in [0, 0.1) is 0 Å². The highest BCUT2D eigenvalue weighted by Gasteiger charge is 2.15. The summed E-state index contributed by atoms with van der Waals surface area (Å²) in [4.78, 5) is 2.55. The maximum Gasteiger partial charge on any atom is 0.0217 e. The first kappa shape index (κ1) is 12.0. The average molecular weight is 198 g/mol. The molecule has 0 radical (unpaired) electrons. The van der Waals surface area contributed by atoms with Crippen LogP contribution in [0.15, 0.2) is 0 Å². The Balaban J connectivity index is 2.16. The van der Waals surface area contributed by atoms with Crippen molar-refractivity contribution in [2.75, 3.05) is 26.7 Å². The Morgan fingerprint density at radius 1 is 1.29 bits per heavy atom. The SMILES string of the molecule is CCCCCN(C)C1CCCCNC1. The maximum absolute atomic E-state index is 3.53. The molecule has 0 aliphatic carbocycles. The Morgan fingerprint density at radius 3 is 2.93 bits per heavy atom. The zero-order valence-corrected chi connectivity index (χ0v) is 9.89. The minimum Gasteiger partial charge on any atom is -0.315 e. The topological polar surface area (TPSA) is 15.3 Å². The van der Waals surface area contributed by atoms with E-state index < -0.39 is 0 Å². The molecule has 1 fully saturated rings. The fraction of sp³-hybridized carbons (Fsp3) is 1.00. The second-order valence-electron chi connectivity index (χ2n) is 4.54. The van der Waals surface area contributed by atoms with Gasteiger partial charge in [0.1, 0.15) is 0 Å². The van der Waals surface area contributed by atoms with Crippen molar-refractivity contribution < 1.29 is 0 Å². The summed E-state index contributed by atoms with van der Waals surface area (Å²) >= 11 is 0. The van der Waals surface area contributed by atoms with Gasteiger partial charge in [-0.05, 0) is 39.4 Å². The van der Waals surface area contributed by atoms with E-state index in [2.05, 4.69) is 24.2 Å². The molecule has 0 saturated carbocycles. The van der Waals surface area contributed by atoms with Crippen molar-refractivity contribution in [1.29, 1.82) is 0 Å². The molecule has 0 aromatic heterocycles. The van der Waals surface area contributed by atoms with Gasteiger partial charge >= 0.3 is 0 Å². The molecule has 0 spiro atoms. The normalized spacial score (nSPS) is 23.8. The molecule has 1 aliphatic heterocycles.